The maximum Gasteiger partial charge on any atom is 0.278 e. The maximum atomic E-state index is 12.7. The van der Waals surface area contributed by atoms with Gasteiger partial charge in [0.1, 0.15) is 5.75 Å². The zero-order chi connectivity index (χ0) is 12.3. The Morgan fingerprint density at radius 2 is 2.12 bits per heavy atom. The van der Waals surface area contributed by atoms with E-state index in [0.29, 0.717) is 15.8 Å². The molecule has 1 aromatic carbocycles. The van der Waals surface area contributed by atoms with E-state index in [2.05, 4.69) is 15.9 Å². The minimum atomic E-state index is -2.86. The van der Waals surface area contributed by atoms with E-state index in [1.165, 1.54) is 0 Å². The van der Waals surface area contributed by atoms with Crippen LogP contribution in [0, 0.1) is 0 Å². The summed E-state index contributed by atoms with van der Waals surface area (Å²) >= 11 is 3.26. The van der Waals surface area contributed by atoms with Gasteiger partial charge in [-0.3, -0.25) is 0 Å². The minimum Gasteiger partial charge on any atom is -0.486 e. The molecule has 1 unspecified atom stereocenters. The molecular formula is C11H14BrF2NO. The fourth-order valence-electron chi connectivity index (χ4n) is 1.24. The lowest BCUT2D eigenvalue weighted by molar-refractivity contribution is -0.0234. The van der Waals surface area contributed by atoms with E-state index < -0.39 is 12.5 Å². The van der Waals surface area contributed by atoms with Crippen LogP contribution < -0.4 is 10.5 Å². The van der Waals surface area contributed by atoms with Crippen LogP contribution in [0.2, 0.25) is 0 Å². The van der Waals surface area contributed by atoms with E-state index in [9.17, 15) is 8.78 Å². The normalized spacial score (nSPS) is 13.6. The molecule has 5 heteroatoms. The second-order valence-corrected chi connectivity index (χ2v) is 4.66. The largest absolute Gasteiger partial charge is 0.486 e. The van der Waals surface area contributed by atoms with Gasteiger partial charge >= 0.3 is 0 Å². The fraction of sp³-hybridized carbons (Fsp3) is 0.455. The van der Waals surface area contributed by atoms with Gasteiger partial charge in [0.15, 0.2) is 6.61 Å². The van der Waals surface area contributed by atoms with Gasteiger partial charge in [0.05, 0.1) is 4.47 Å². The quantitative estimate of drug-likeness (QED) is 0.922. The summed E-state index contributed by atoms with van der Waals surface area (Å²) in [7, 11) is 0. The van der Waals surface area contributed by atoms with Crippen LogP contribution in [0.3, 0.4) is 0 Å². The Labute approximate surface area is 102 Å². The van der Waals surface area contributed by atoms with Crippen molar-refractivity contribution in [1.82, 2.24) is 0 Å². The monoisotopic (exact) mass is 293 g/mol. The predicted octanol–water partition coefficient (Wildman–Crippen LogP) is 3.50. The summed E-state index contributed by atoms with van der Waals surface area (Å²) in [6, 6.07) is 5.02. The zero-order valence-electron chi connectivity index (χ0n) is 9.14. The van der Waals surface area contributed by atoms with Crippen molar-refractivity contribution in [3.63, 3.8) is 0 Å². The second kappa shape index (κ2) is 5.10. The summed E-state index contributed by atoms with van der Waals surface area (Å²) in [5, 5.41) is 0. The Morgan fingerprint density at radius 1 is 1.50 bits per heavy atom. The van der Waals surface area contributed by atoms with Crippen molar-refractivity contribution < 1.29 is 13.5 Å². The highest BCUT2D eigenvalue weighted by molar-refractivity contribution is 9.10. The lowest BCUT2D eigenvalue weighted by Gasteiger charge is -2.17. The third-order valence-electron chi connectivity index (χ3n) is 1.96. The zero-order valence-corrected chi connectivity index (χ0v) is 10.7. The van der Waals surface area contributed by atoms with Gasteiger partial charge in [0.2, 0.25) is 0 Å². The summed E-state index contributed by atoms with van der Waals surface area (Å²) < 4.78 is 31.1. The van der Waals surface area contributed by atoms with Crippen molar-refractivity contribution in [2.45, 2.75) is 25.8 Å². The molecule has 0 bridgehead atoms. The van der Waals surface area contributed by atoms with Crippen LogP contribution >= 0.6 is 15.9 Å². The molecule has 2 nitrogen and oxygen atoms in total. The predicted molar refractivity (Wildman–Crippen MR) is 62.9 cm³/mol. The molecule has 90 valence electrons. The van der Waals surface area contributed by atoms with E-state index in [4.69, 9.17) is 10.5 Å². The molecule has 0 saturated heterocycles. The number of hydrogen-bond donors (Lipinski definition) is 1. The van der Waals surface area contributed by atoms with Crippen LogP contribution in [0.1, 0.15) is 25.5 Å². The average molecular weight is 294 g/mol. The van der Waals surface area contributed by atoms with Crippen molar-refractivity contribution in [3.8, 4) is 5.75 Å². The first kappa shape index (κ1) is 13.4. The number of para-hydroxylation sites is 1. The second-order valence-electron chi connectivity index (χ2n) is 3.81. The Kier molecular flexibility index (Phi) is 4.27. The van der Waals surface area contributed by atoms with Crippen LogP contribution in [-0.4, -0.2) is 12.5 Å². The molecule has 16 heavy (non-hydrogen) atoms. The lowest BCUT2D eigenvalue weighted by Crippen LogP contribution is -2.22. The molecule has 0 fully saturated rings. The Morgan fingerprint density at radius 3 is 2.62 bits per heavy atom. The first-order valence-corrected chi connectivity index (χ1v) is 5.65. The molecule has 0 spiro atoms. The molecule has 0 aliphatic heterocycles. The fourth-order valence-corrected chi connectivity index (χ4v) is 1.73. The van der Waals surface area contributed by atoms with E-state index >= 15 is 0 Å². The topological polar surface area (TPSA) is 35.2 Å². The van der Waals surface area contributed by atoms with Crippen molar-refractivity contribution >= 4 is 15.9 Å². The molecule has 1 atom stereocenters. The van der Waals surface area contributed by atoms with Gasteiger partial charge in [0, 0.05) is 18.5 Å². The smallest absolute Gasteiger partial charge is 0.278 e. The molecule has 0 amide bonds. The molecule has 1 aromatic rings. The molecular weight excluding hydrogens is 280 g/mol. The summed E-state index contributed by atoms with van der Waals surface area (Å²) in [5.74, 6) is -2.47. The Balaban J connectivity index is 2.93. The van der Waals surface area contributed by atoms with Crippen molar-refractivity contribution in [2.24, 2.45) is 5.73 Å². The van der Waals surface area contributed by atoms with Gasteiger partial charge in [-0.15, -0.1) is 0 Å². The maximum absolute atomic E-state index is 12.7. The van der Waals surface area contributed by atoms with Gasteiger partial charge in [-0.05, 0) is 28.9 Å². The first-order chi connectivity index (χ1) is 7.31. The summed E-state index contributed by atoms with van der Waals surface area (Å²) in [4.78, 5) is 0. The average Bonchev–Trinajstić information content (AvgIpc) is 2.13. The molecule has 0 radical (unpaired) electrons. The SMILES string of the molecule is CC(N)c1cccc(Br)c1OCC(C)(F)F. The summed E-state index contributed by atoms with van der Waals surface area (Å²) in [5.41, 5.74) is 6.44. The number of alkyl halides is 2. The number of rotatable bonds is 4. The van der Waals surface area contributed by atoms with Crippen molar-refractivity contribution in [3.05, 3.63) is 28.2 Å². The highest BCUT2D eigenvalue weighted by atomic mass is 79.9. The van der Waals surface area contributed by atoms with E-state index in [1.807, 2.05) is 0 Å². The molecule has 0 aliphatic carbocycles. The number of halogens is 3. The van der Waals surface area contributed by atoms with Crippen LogP contribution in [-0.2, 0) is 0 Å². The summed E-state index contributed by atoms with van der Waals surface area (Å²) in [6.45, 7) is 1.93. The van der Waals surface area contributed by atoms with Crippen molar-refractivity contribution in [1.29, 1.82) is 0 Å². The summed E-state index contributed by atoms with van der Waals surface area (Å²) in [6.07, 6.45) is 0. The Hall–Kier alpha value is -0.680. The standard InChI is InChI=1S/C11H14BrF2NO/c1-7(15)8-4-3-5-9(12)10(8)16-6-11(2,13)14/h3-5,7H,6,15H2,1-2H3. The highest BCUT2D eigenvalue weighted by Gasteiger charge is 2.23. The van der Waals surface area contributed by atoms with Crippen LogP contribution in [0.15, 0.2) is 22.7 Å². The van der Waals surface area contributed by atoms with Crippen LogP contribution in [0.4, 0.5) is 8.78 Å². The van der Waals surface area contributed by atoms with Gasteiger partial charge < -0.3 is 10.5 Å². The van der Waals surface area contributed by atoms with Gasteiger partial charge in [-0.25, -0.2) is 8.78 Å². The number of nitrogens with two attached hydrogens (primary N) is 1. The van der Waals surface area contributed by atoms with Gasteiger partial charge in [0.25, 0.3) is 5.92 Å². The molecule has 2 N–H and O–H groups in total. The van der Waals surface area contributed by atoms with E-state index in [1.54, 1.807) is 25.1 Å². The third kappa shape index (κ3) is 3.72. The minimum absolute atomic E-state index is 0.266. The molecule has 0 aromatic heterocycles. The first-order valence-electron chi connectivity index (χ1n) is 4.86. The Bertz CT molecular complexity index is 363. The highest BCUT2D eigenvalue weighted by Crippen LogP contribution is 2.33. The molecule has 0 heterocycles. The number of hydrogen-bond acceptors (Lipinski definition) is 2. The lowest BCUT2D eigenvalue weighted by atomic mass is 10.1. The van der Waals surface area contributed by atoms with Crippen molar-refractivity contribution in [2.75, 3.05) is 6.61 Å². The van der Waals surface area contributed by atoms with E-state index in [0.717, 1.165) is 6.92 Å². The molecule has 1 rings (SSSR count). The van der Waals surface area contributed by atoms with Crippen LogP contribution in [0.5, 0.6) is 5.75 Å². The van der Waals surface area contributed by atoms with Gasteiger partial charge in [-0.1, -0.05) is 12.1 Å². The molecule has 0 aliphatic rings. The number of ether oxygens (including phenoxy) is 1. The third-order valence-corrected chi connectivity index (χ3v) is 2.58. The van der Waals surface area contributed by atoms with E-state index in [-0.39, 0.29) is 6.04 Å². The van der Waals surface area contributed by atoms with Crippen LogP contribution in [0.25, 0.3) is 0 Å². The molecule has 0 saturated carbocycles. The van der Waals surface area contributed by atoms with Gasteiger partial charge in [-0.2, -0.15) is 0 Å². The number of benzene rings is 1.